The molecule has 0 heterocycles. The average molecular weight is 233 g/mol. The third-order valence-electron chi connectivity index (χ3n) is 2.04. The van der Waals surface area contributed by atoms with Crippen molar-refractivity contribution >= 4 is 17.6 Å². The van der Waals surface area contributed by atoms with Crippen LogP contribution in [0.3, 0.4) is 0 Å². The van der Waals surface area contributed by atoms with E-state index >= 15 is 0 Å². The Morgan fingerprint density at radius 3 is 2.35 bits per heavy atom. The second-order valence-electron chi connectivity index (χ2n) is 3.53. The molecule has 0 spiro atoms. The Labute approximate surface area is 100 Å². The lowest BCUT2D eigenvalue weighted by Crippen LogP contribution is -2.12. The Kier molecular flexibility index (Phi) is 4.46. The van der Waals surface area contributed by atoms with Gasteiger partial charge >= 0.3 is 5.97 Å². The van der Waals surface area contributed by atoms with Crippen molar-refractivity contribution in [2.75, 3.05) is 11.9 Å². The van der Waals surface area contributed by atoms with Crippen molar-refractivity contribution in [2.45, 2.75) is 13.8 Å². The van der Waals surface area contributed by atoms with Crippen molar-refractivity contribution in [3.05, 3.63) is 42.0 Å². The summed E-state index contributed by atoms with van der Waals surface area (Å²) < 4.78 is 4.85. The number of amides is 1. The van der Waals surface area contributed by atoms with Crippen molar-refractivity contribution in [3.63, 3.8) is 0 Å². The first-order chi connectivity index (χ1) is 8.04. The van der Waals surface area contributed by atoms with E-state index < -0.39 is 0 Å². The number of hydrogen-bond donors (Lipinski definition) is 1. The van der Waals surface area contributed by atoms with Gasteiger partial charge in [-0.2, -0.15) is 0 Å². The second kappa shape index (κ2) is 5.84. The molecule has 0 unspecified atom stereocenters. The number of hydrogen-bond acceptors (Lipinski definition) is 3. The van der Waals surface area contributed by atoms with Crippen LogP contribution in [0.15, 0.2) is 36.4 Å². The van der Waals surface area contributed by atoms with Crippen molar-refractivity contribution in [1.82, 2.24) is 0 Å². The van der Waals surface area contributed by atoms with E-state index in [4.69, 9.17) is 4.74 Å². The minimum absolute atomic E-state index is 0.242. The highest BCUT2D eigenvalue weighted by atomic mass is 16.5. The number of nitrogens with one attached hydrogen (secondary N) is 1. The summed E-state index contributed by atoms with van der Waals surface area (Å²) in [7, 11) is 0. The monoisotopic (exact) mass is 233 g/mol. The zero-order chi connectivity index (χ0) is 12.8. The number of rotatable bonds is 4. The Hall–Kier alpha value is -2.10. The summed E-state index contributed by atoms with van der Waals surface area (Å²) in [5.74, 6) is -0.612. The van der Waals surface area contributed by atoms with Gasteiger partial charge in [0.15, 0.2) is 0 Å². The molecule has 0 aliphatic carbocycles. The van der Waals surface area contributed by atoms with Crippen LogP contribution in [0.2, 0.25) is 0 Å². The van der Waals surface area contributed by atoms with Gasteiger partial charge in [0.05, 0.1) is 12.2 Å². The molecule has 0 bridgehead atoms. The Bertz CT molecular complexity index is 434. The highest BCUT2D eigenvalue weighted by Crippen LogP contribution is 2.11. The molecule has 0 radical (unpaired) electrons. The van der Waals surface area contributed by atoms with Gasteiger partial charge in [0.1, 0.15) is 0 Å². The normalized spacial score (nSPS) is 9.53. The third-order valence-corrected chi connectivity index (χ3v) is 2.04. The van der Waals surface area contributed by atoms with E-state index in [1.807, 2.05) is 0 Å². The molecule has 0 aliphatic heterocycles. The molecule has 0 aliphatic rings. The van der Waals surface area contributed by atoms with Gasteiger partial charge in [0, 0.05) is 11.3 Å². The highest BCUT2D eigenvalue weighted by Gasteiger charge is 2.07. The lowest BCUT2D eigenvalue weighted by molar-refractivity contribution is -0.112. The zero-order valence-corrected chi connectivity index (χ0v) is 9.95. The van der Waals surface area contributed by atoms with Crippen LogP contribution < -0.4 is 5.32 Å². The molecule has 0 saturated carbocycles. The van der Waals surface area contributed by atoms with Crippen molar-refractivity contribution in [2.24, 2.45) is 0 Å². The SMILES string of the molecule is C=C(C)C(=O)Nc1ccc(C(=O)OCC)cc1. The fourth-order valence-corrected chi connectivity index (χ4v) is 1.14. The predicted molar refractivity (Wildman–Crippen MR) is 65.8 cm³/mol. The molecule has 0 atom stereocenters. The van der Waals surface area contributed by atoms with E-state index in [1.165, 1.54) is 0 Å². The summed E-state index contributed by atoms with van der Waals surface area (Å²) in [6.45, 7) is 7.25. The Balaban J connectivity index is 2.71. The molecule has 4 heteroatoms. The maximum Gasteiger partial charge on any atom is 0.338 e. The Morgan fingerprint density at radius 1 is 1.29 bits per heavy atom. The van der Waals surface area contributed by atoms with E-state index in [9.17, 15) is 9.59 Å². The first kappa shape index (κ1) is 13.0. The van der Waals surface area contributed by atoms with Crippen LogP contribution in [-0.4, -0.2) is 18.5 Å². The van der Waals surface area contributed by atoms with Crippen LogP contribution in [0, 0.1) is 0 Å². The molecular weight excluding hydrogens is 218 g/mol. The molecule has 0 aromatic heterocycles. The first-order valence-corrected chi connectivity index (χ1v) is 5.28. The fourth-order valence-electron chi connectivity index (χ4n) is 1.14. The zero-order valence-electron chi connectivity index (χ0n) is 9.95. The van der Waals surface area contributed by atoms with Gasteiger partial charge in [-0.15, -0.1) is 0 Å². The maximum atomic E-state index is 11.4. The summed E-state index contributed by atoms with van der Waals surface area (Å²) in [5.41, 5.74) is 1.51. The molecule has 4 nitrogen and oxygen atoms in total. The minimum atomic E-state index is -0.370. The molecule has 1 rings (SSSR count). The van der Waals surface area contributed by atoms with E-state index in [0.717, 1.165) is 0 Å². The quantitative estimate of drug-likeness (QED) is 0.641. The number of esters is 1. The molecule has 1 N–H and O–H groups in total. The Morgan fingerprint density at radius 2 is 1.88 bits per heavy atom. The van der Waals surface area contributed by atoms with Gasteiger partial charge < -0.3 is 10.1 Å². The molecular formula is C13H15NO3. The number of anilines is 1. The third kappa shape index (κ3) is 3.75. The number of carbonyl (C=O) groups excluding carboxylic acids is 2. The van der Waals surface area contributed by atoms with Crippen molar-refractivity contribution < 1.29 is 14.3 Å². The molecule has 1 amide bonds. The van der Waals surface area contributed by atoms with Gasteiger partial charge in [-0.1, -0.05) is 6.58 Å². The number of benzene rings is 1. The largest absolute Gasteiger partial charge is 0.462 e. The molecule has 17 heavy (non-hydrogen) atoms. The number of ether oxygens (including phenoxy) is 1. The van der Waals surface area contributed by atoms with Gasteiger partial charge in [0.2, 0.25) is 0 Å². The lowest BCUT2D eigenvalue weighted by Gasteiger charge is -2.05. The van der Waals surface area contributed by atoms with Crippen LogP contribution in [0.4, 0.5) is 5.69 Å². The van der Waals surface area contributed by atoms with Crippen molar-refractivity contribution in [3.8, 4) is 0 Å². The summed E-state index contributed by atoms with van der Waals surface area (Å²) in [4.78, 5) is 22.7. The fraction of sp³-hybridized carbons (Fsp3) is 0.231. The molecule has 1 aromatic carbocycles. The first-order valence-electron chi connectivity index (χ1n) is 5.28. The standard InChI is InChI=1S/C13H15NO3/c1-4-17-13(16)10-5-7-11(8-6-10)14-12(15)9(2)3/h5-8H,2,4H2,1,3H3,(H,14,15). The van der Waals surface area contributed by atoms with Gasteiger partial charge in [-0.25, -0.2) is 4.79 Å². The number of carbonyl (C=O) groups is 2. The van der Waals surface area contributed by atoms with E-state index in [-0.39, 0.29) is 11.9 Å². The second-order valence-corrected chi connectivity index (χ2v) is 3.53. The average Bonchev–Trinajstić information content (AvgIpc) is 2.30. The van der Waals surface area contributed by atoms with Crippen LogP contribution >= 0.6 is 0 Å². The summed E-state index contributed by atoms with van der Waals surface area (Å²) >= 11 is 0. The summed E-state index contributed by atoms with van der Waals surface area (Å²) in [5, 5.41) is 2.65. The predicted octanol–water partition coefficient (Wildman–Crippen LogP) is 2.38. The van der Waals surface area contributed by atoms with Gasteiger partial charge in [0.25, 0.3) is 5.91 Å². The van der Waals surface area contributed by atoms with E-state index in [1.54, 1.807) is 38.1 Å². The summed E-state index contributed by atoms with van der Waals surface area (Å²) in [6.07, 6.45) is 0. The van der Waals surface area contributed by atoms with Crippen LogP contribution in [0.1, 0.15) is 24.2 Å². The van der Waals surface area contributed by atoms with Crippen LogP contribution in [0.5, 0.6) is 0 Å². The van der Waals surface area contributed by atoms with Crippen LogP contribution in [0.25, 0.3) is 0 Å². The minimum Gasteiger partial charge on any atom is -0.462 e. The maximum absolute atomic E-state index is 11.4. The lowest BCUT2D eigenvalue weighted by atomic mass is 10.2. The topological polar surface area (TPSA) is 55.4 Å². The highest BCUT2D eigenvalue weighted by molar-refractivity contribution is 6.03. The molecule has 0 fully saturated rings. The van der Waals surface area contributed by atoms with Gasteiger partial charge in [-0.05, 0) is 38.1 Å². The molecule has 1 aromatic rings. The molecule has 0 saturated heterocycles. The van der Waals surface area contributed by atoms with E-state index in [2.05, 4.69) is 11.9 Å². The van der Waals surface area contributed by atoms with E-state index in [0.29, 0.717) is 23.4 Å². The van der Waals surface area contributed by atoms with Crippen molar-refractivity contribution in [1.29, 1.82) is 0 Å². The molecule has 90 valence electrons. The smallest absolute Gasteiger partial charge is 0.338 e. The van der Waals surface area contributed by atoms with Gasteiger partial charge in [-0.3, -0.25) is 4.79 Å². The van der Waals surface area contributed by atoms with Crippen LogP contribution in [-0.2, 0) is 9.53 Å². The summed E-state index contributed by atoms with van der Waals surface area (Å²) in [6, 6.07) is 6.50.